The molecule has 26 heavy (non-hydrogen) atoms. The Hall–Kier alpha value is -2.54. The fourth-order valence-electron chi connectivity index (χ4n) is 4.35. The first kappa shape index (κ1) is 16.9. The molecule has 0 saturated carbocycles. The lowest BCUT2D eigenvalue weighted by atomic mass is 9.77. The Morgan fingerprint density at radius 3 is 2.81 bits per heavy atom. The number of likely N-dealkylation sites (tertiary alicyclic amines) is 1. The number of carboxylic acid groups (broad SMARTS) is 1. The third-order valence-electron chi connectivity index (χ3n) is 5.58. The fraction of sp³-hybridized carbons (Fsp3) is 0.474. The lowest BCUT2D eigenvalue weighted by Crippen LogP contribution is -2.39. The molecule has 0 unspecified atom stereocenters. The Bertz CT molecular complexity index is 790. The lowest BCUT2D eigenvalue weighted by molar-refractivity contribution is -0.148. The normalized spacial score (nSPS) is 31.4. The van der Waals surface area contributed by atoms with E-state index in [2.05, 4.69) is 0 Å². The van der Waals surface area contributed by atoms with Crippen LogP contribution in [0.1, 0.15) is 5.56 Å². The number of amides is 1. The maximum atomic E-state index is 12.8. The summed E-state index contributed by atoms with van der Waals surface area (Å²) >= 11 is 0. The van der Waals surface area contributed by atoms with Gasteiger partial charge in [-0.2, -0.15) is 0 Å². The second-order valence-corrected chi connectivity index (χ2v) is 6.94. The zero-order valence-electron chi connectivity index (χ0n) is 14.7. The van der Waals surface area contributed by atoms with Gasteiger partial charge < -0.3 is 24.2 Å². The number of hydrogen-bond acceptors (Lipinski definition) is 5. The second-order valence-electron chi connectivity index (χ2n) is 6.94. The van der Waals surface area contributed by atoms with E-state index < -0.39 is 29.5 Å². The molecular formula is C19H21NO6. The molecule has 1 spiro atoms. The number of carbonyl (C=O) groups excluding carboxylic acids is 1. The van der Waals surface area contributed by atoms with E-state index in [9.17, 15) is 14.7 Å². The van der Waals surface area contributed by atoms with Crippen molar-refractivity contribution in [3.63, 3.8) is 0 Å². The summed E-state index contributed by atoms with van der Waals surface area (Å²) in [5.74, 6) is -1.23. The molecule has 1 aromatic rings. The van der Waals surface area contributed by atoms with Gasteiger partial charge in [-0.15, -0.1) is 0 Å². The molecule has 3 aliphatic heterocycles. The van der Waals surface area contributed by atoms with Gasteiger partial charge in [0.15, 0.2) is 11.5 Å². The standard InChI is InChI=1S/C19H21NO6/c1-24-12-4-3-11(9-14(12)25-2)6-8-20-10-19-7-5-13(26-19)15(18(22)23)16(19)17(20)21/h3-5,7,9,13,15-16H,6,8,10H2,1-2H3,(H,22,23)/t13-,15-,16+,19+/m0/s1. The monoisotopic (exact) mass is 359 g/mol. The summed E-state index contributed by atoms with van der Waals surface area (Å²) in [6.45, 7) is 0.904. The van der Waals surface area contributed by atoms with Crippen LogP contribution in [0, 0.1) is 11.8 Å². The van der Waals surface area contributed by atoms with E-state index >= 15 is 0 Å². The molecule has 2 bridgehead atoms. The summed E-state index contributed by atoms with van der Waals surface area (Å²) in [6, 6.07) is 5.66. The second kappa shape index (κ2) is 6.02. The van der Waals surface area contributed by atoms with Gasteiger partial charge in [0.1, 0.15) is 11.5 Å². The third-order valence-corrected chi connectivity index (χ3v) is 5.58. The Morgan fingerprint density at radius 2 is 2.12 bits per heavy atom. The zero-order chi connectivity index (χ0) is 18.5. The number of rotatable bonds is 6. The average molecular weight is 359 g/mol. The van der Waals surface area contributed by atoms with Crippen molar-refractivity contribution >= 4 is 11.9 Å². The third kappa shape index (κ3) is 2.38. The quantitative estimate of drug-likeness (QED) is 0.766. The van der Waals surface area contributed by atoms with Crippen molar-refractivity contribution in [3.8, 4) is 11.5 Å². The SMILES string of the molecule is COc1ccc(CCN2C[C@@]34C=C[C@H](O3)[C@H](C(=O)O)[C@@H]4C2=O)cc1OC. The minimum atomic E-state index is -0.971. The van der Waals surface area contributed by atoms with Crippen molar-refractivity contribution < 1.29 is 28.9 Å². The van der Waals surface area contributed by atoms with Crippen LogP contribution in [0.5, 0.6) is 11.5 Å². The van der Waals surface area contributed by atoms with Gasteiger partial charge in [0.2, 0.25) is 5.91 Å². The lowest BCUT2D eigenvalue weighted by Gasteiger charge is -2.21. The van der Waals surface area contributed by atoms with E-state index in [4.69, 9.17) is 14.2 Å². The molecule has 2 saturated heterocycles. The maximum Gasteiger partial charge on any atom is 0.310 e. The molecule has 138 valence electrons. The smallest absolute Gasteiger partial charge is 0.310 e. The van der Waals surface area contributed by atoms with Crippen molar-refractivity contribution in [2.24, 2.45) is 11.8 Å². The Labute approximate surface area is 151 Å². The van der Waals surface area contributed by atoms with Gasteiger partial charge in [0.05, 0.1) is 32.8 Å². The number of ether oxygens (including phenoxy) is 3. The molecule has 1 N–H and O–H groups in total. The van der Waals surface area contributed by atoms with Crippen molar-refractivity contribution in [1.82, 2.24) is 4.90 Å². The van der Waals surface area contributed by atoms with Crippen LogP contribution in [0.4, 0.5) is 0 Å². The van der Waals surface area contributed by atoms with Crippen LogP contribution in [0.2, 0.25) is 0 Å². The van der Waals surface area contributed by atoms with Crippen LogP contribution in [0.25, 0.3) is 0 Å². The number of carbonyl (C=O) groups is 2. The molecular weight excluding hydrogens is 338 g/mol. The number of methoxy groups -OCH3 is 2. The van der Waals surface area contributed by atoms with E-state index in [-0.39, 0.29) is 5.91 Å². The maximum absolute atomic E-state index is 12.8. The van der Waals surface area contributed by atoms with E-state index in [0.717, 1.165) is 5.56 Å². The van der Waals surface area contributed by atoms with Gasteiger partial charge in [-0.3, -0.25) is 9.59 Å². The molecule has 7 nitrogen and oxygen atoms in total. The summed E-state index contributed by atoms with van der Waals surface area (Å²) in [5.41, 5.74) is 0.239. The number of fused-ring (bicyclic) bond motifs is 1. The van der Waals surface area contributed by atoms with Gasteiger partial charge in [0.25, 0.3) is 0 Å². The van der Waals surface area contributed by atoms with Gasteiger partial charge in [0, 0.05) is 6.54 Å². The minimum Gasteiger partial charge on any atom is -0.493 e. The molecule has 4 atom stereocenters. The predicted octanol–water partition coefficient (Wildman–Crippen LogP) is 1.11. The van der Waals surface area contributed by atoms with Crippen molar-refractivity contribution in [1.29, 1.82) is 0 Å². The molecule has 3 aliphatic rings. The molecule has 7 heteroatoms. The van der Waals surface area contributed by atoms with Gasteiger partial charge in [-0.1, -0.05) is 18.2 Å². The topological polar surface area (TPSA) is 85.3 Å². The first-order chi connectivity index (χ1) is 12.5. The summed E-state index contributed by atoms with van der Waals surface area (Å²) in [6.07, 6.45) is 3.80. The van der Waals surface area contributed by atoms with Gasteiger partial charge in [-0.05, 0) is 24.1 Å². The fourth-order valence-corrected chi connectivity index (χ4v) is 4.35. The molecule has 4 rings (SSSR count). The van der Waals surface area contributed by atoms with E-state index in [1.807, 2.05) is 24.3 Å². The van der Waals surface area contributed by atoms with E-state index in [1.165, 1.54) is 0 Å². The molecule has 1 amide bonds. The number of hydrogen-bond donors (Lipinski definition) is 1. The summed E-state index contributed by atoms with van der Waals surface area (Å²) < 4.78 is 16.4. The molecule has 2 fully saturated rings. The highest BCUT2D eigenvalue weighted by atomic mass is 16.5. The average Bonchev–Trinajstić information content (AvgIpc) is 3.27. The number of carboxylic acids is 1. The van der Waals surface area contributed by atoms with Crippen LogP contribution in [-0.2, 0) is 20.7 Å². The van der Waals surface area contributed by atoms with Crippen LogP contribution in [0.15, 0.2) is 30.4 Å². The largest absolute Gasteiger partial charge is 0.493 e. The number of aliphatic carboxylic acids is 1. The van der Waals surface area contributed by atoms with Crippen molar-refractivity contribution in [2.45, 2.75) is 18.1 Å². The Morgan fingerprint density at radius 1 is 1.35 bits per heavy atom. The highest BCUT2D eigenvalue weighted by Gasteiger charge is 2.66. The van der Waals surface area contributed by atoms with Gasteiger partial charge >= 0.3 is 5.97 Å². The number of nitrogens with zero attached hydrogens (tertiary/aromatic N) is 1. The molecule has 0 radical (unpaired) electrons. The molecule has 3 heterocycles. The van der Waals surface area contributed by atoms with Crippen molar-refractivity contribution in [2.75, 3.05) is 27.3 Å². The Balaban J connectivity index is 1.48. The Kier molecular flexibility index (Phi) is 3.91. The van der Waals surface area contributed by atoms with Crippen molar-refractivity contribution in [3.05, 3.63) is 35.9 Å². The van der Waals surface area contributed by atoms with E-state index in [1.54, 1.807) is 25.2 Å². The van der Waals surface area contributed by atoms with Crippen LogP contribution < -0.4 is 9.47 Å². The van der Waals surface area contributed by atoms with Crippen LogP contribution in [-0.4, -0.2) is 60.9 Å². The summed E-state index contributed by atoms with van der Waals surface area (Å²) in [5, 5.41) is 9.49. The van der Waals surface area contributed by atoms with Crippen LogP contribution >= 0.6 is 0 Å². The zero-order valence-corrected chi connectivity index (χ0v) is 14.7. The van der Waals surface area contributed by atoms with E-state index in [0.29, 0.717) is 31.0 Å². The molecule has 0 aliphatic carbocycles. The molecule has 1 aromatic carbocycles. The van der Waals surface area contributed by atoms with Gasteiger partial charge in [-0.25, -0.2) is 0 Å². The highest BCUT2D eigenvalue weighted by Crippen LogP contribution is 2.51. The highest BCUT2D eigenvalue weighted by molar-refractivity contribution is 5.90. The predicted molar refractivity (Wildman–Crippen MR) is 91.2 cm³/mol. The minimum absolute atomic E-state index is 0.135. The summed E-state index contributed by atoms with van der Waals surface area (Å²) in [7, 11) is 3.16. The number of benzene rings is 1. The van der Waals surface area contributed by atoms with Crippen LogP contribution in [0.3, 0.4) is 0 Å². The molecule has 0 aromatic heterocycles. The first-order valence-electron chi connectivity index (χ1n) is 8.59. The first-order valence-corrected chi connectivity index (χ1v) is 8.59. The summed E-state index contributed by atoms with van der Waals surface area (Å²) in [4.78, 5) is 26.1.